The average Bonchev–Trinajstić information content (AvgIpc) is 2.60. The molecular formula is C17H22N2O5S2. The molecule has 0 spiro atoms. The van der Waals surface area contributed by atoms with E-state index < -0.39 is 11.3 Å². The van der Waals surface area contributed by atoms with Crippen molar-refractivity contribution in [1.29, 1.82) is 0 Å². The Kier molecular flexibility index (Phi) is 7.39. The maximum absolute atomic E-state index is 13.0. The minimum Gasteiger partial charge on any atom is -0.508 e. The van der Waals surface area contributed by atoms with Crippen molar-refractivity contribution in [3.05, 3.63) is 29.8 Å². The highest BCUT2D eigenvalue weighted by molar-refractivity contribution is 8.23. The number of nitrogens with one attached hydrogen (secondary N) is 1. The number of phenolic OH excluding ortho intramolecular Hbond substituents is 1. The highest BCUT2D eigenvalue weighted by Crippen LogP contribution is 2.42. The Balaban J connectivity index is 2.26. The Bertz CT molecular complexity index is 681. The van der Waals surface area contributed by atoms with Gasteiger partial charge in [-0.25, -0.2) is 0 Å². The van der Waals surface area contributed by atoms with Gasteiger partial charge in [-0.05, 0) is 12.5 Å². The van der Waals surface area contributed by atoms with Crippen LogP contribution < -0.4 is 5.32 Å². The first-order valence-corrected chi connectivity index (χ1v) is 9.46. The summed E-state index contributed by atoms with van der Waals surface area (Å²) in [4.78, 5) is 26.0. The van der Waals surface area contributed by atoms with E-state index in [-0.39, 0.29) is 43.2 Å². The molecule has 2 amide bonds. The fourth-order valence-electron chi connectivity index (χ4n) is 2.71. The normalized spacial score (nSPS) is 20.5. The van der Waals surface area contributed by atoms with Gasteiger partial charge in [-0.2, -0.15) is 0 Å². The van der Waals surface area contributed by atoms with Crippen molar-refractivity contribution in [3.63, 3.8) is 0 Å². The molecule has 0 aliphatic carbocycles. The van der Waals surface area contributed by atoms with Gasteiger partial charge in [-0.1, -0.05) is 42.2 Å². The van der Waals surface area contributed by atoms with Crippen molar-refractivity contribution in [1.82, 2.24) is 10.2 Å². The van der Waals surface area contributed by atoms with Crippen LogP contribution in [0.3, 0.4) is 0 Å². The van der Waals surface area contributed by atoms with E-state index in [1.54, 1.807) is 18.2 Å². The fraction of sp³-hybridized carbons (Fsp3) is 0.471. The monoisotopic (exact) mass is 398 g/mol. The lowest BCUT2D eigenvalue weighted by molar-refractivity contribution is -0.133. The van der Waals surface area contributed by atoms with Crippen LogP contribution in [0.5, 0.6) is 5.75 Å². The zero-order valence-electron chi connectivity index (χ0n) is 14.3. The third-order valence-electron chi connectivity index (χ3n) is 4.16. The summed E-state index contributed by atoms with van der Waals surface area (Å²) in [5.74, 6) is -1.04. The number of carbonyl (C=O) groups is 2. The van der Waals surface area contributed by atoms with Crippen LogP contribution in [0.15, 0.2) is 24.3 Å². The summed E-state index contributed by atoms with van der Waals surface area (Å²) in [6.45, 7) is 1.19. The van der Waals surface area contributed by atoms with E-state index >= 15 is 0 Å². The second-order valence-electron chi connectivity index (χ2n) is 6.05. The lowest BCUT2D eigenvalue weighted by atomic mass is 10.0. The summed E-state index contributed by atoms with van der Waals surface area (Å²) in [6, 6.07) is 5.76. The van der Waals surface area contributed by atoms with Crippen LogP contribution in [0.2, 0.25) is 0 Å². The molecule has 1 fully saturated rings. The average molecular weight is 399 g/mol. The summed E-state index contributed by atoms with van der Waals surface area (Å²) in [6.07, 6.45) is 0.382. The molecule has 0 unspecified atom stereocenters. The van der Waals surface area contributed by atoms with Crippen LogP contribution in [0.25, 0.3) is 0 Å². The molecule has 1 aromatic rings. The zero-order chi connectivity index (χ0) is 19.3. The molecule has 0 bridgehead atoms. The third kappa shape index (κ3) is 4.73. The summed E-state index contributed by atoms with van der Waals surface area (Å²) in [5, 5.41) is 30.6. The molecule has 9 heteroatoms. The van der Waals surface area contributed by atoms with Gasteiger partial charge in [0.15, 0.2) is 0 Å². The van der Waals surface area contributed by atoms with Crippen LogP contribution >= 0.6 is 24.0 Å². The molecular weight excluding hydrogens is 376 g/mol. The van der Waals surface area contributed by atoms with Gasteiger partial charge >= 0.3 is 0 Å². The van der Waals surface area contributed by atoms with Gasteiger partial charge in [-0.3, -0.25) is 14.5 Å². The smallest absolute Gasteiger partial charge is 0.252 e. The summed E-state index contributed by atoms with van der Waals surface area (Å²) in [7, 11) is 0. The van der Waals surface area contributed by atoms with Gasteiger partial charge in [-0.15, -0.1) is 0 Å². The molecule has 7 nitrogen and oxygen atoms in total. The first-order chi connectivity index (χ1) is 12.4. The lowest BCUT2D eigenvalue weighted by Crippen LogP contribution is -2.55. The quantitative estimate of drug-likeness (QED) is 0.503. The molecule has 2 atom stereocenters. The number of hydrogen-bond acceptors (Lipinski definition) is 7. The Hall–Kier alpha value is -1.68. The molecule has 1 aromatic carbocycles. The molecule has 142 valence electrons. The maximum Gasteiger partial charge on any atom is 0.252 e. The van der Waals surface area contributed by atoms with E-state index in [1.807, 2.05) is 0 Å². The lowest BCUT2D eigenvalue weighted by Gasteiger charge is -2.38. The number of thioether (sulfide) groups is 1. The molecule has 1 heterocycles. The number of aliphatic hydroxyl groups excluding tert-OH is 2. The first-order valence-electron chi connectivity index (χ1n) is 8.17. The van der Waals surface area contributed by atoms with E-state index in [2.05, 4.69) is 5.32 Å². The molecule has 1 saturated heterocycles. The number of thiocarbonyl (C=S) groups is 1. The van der Waals surface area contributed by atoms with Crippen molar-refractivity contribution in [2.75, 3.05) is 19.8 Å². The standard InChI is InChI=1S/C17H22N2O5S2/c1-10(22)18-14-15(12-4-2-3-5-13(12)23)26-17(25)19(16(14)24)7-6-11(8-20)9-21/h2-5,11,14-15,20-21,23H,6-9H2,1H3,(H,18,22)/t14-,15-/m0/s1. The van der Waals surface area contributed by atoms with Crippen LogP contribution in [0.1, 0.15) is 24.2 Å². The summed E-state index contributed by atoms with van der Waals surface area (Å²) < 4.78 is 0.333. The summed E-state index contributed by atoms with van der Waals surface area (Å²) >= 11 is 6.58. The third-order valence-corrected chi connectivity index (χ3v) is 5.87. The van der Waals surface area contributed by atoms with Crippen molar-refractivity contribution >= 4 is 40.1 Å². The summed E-state index contributed by atoms with van der Waals surface area (Å²) in [5.41, 5.74) is 0.523. The predicted octanol–water partition coefficient (Wildman–Crippen LogP) is 0.789. The predicted molar refractivity (Wildman–Crippen MR) is 103 cm³/mol. The molecule has 0 radical (unpaired) electrons. The Labute approximate surface area is 161 Å². The minimum atomic E-state index is -0.876. The van der Waals surface area contributed by atoms with E-state index in [0.29, 0.717) is 16.3 Å². The van der Waals surface area contributed by atoms with Gasteiger partial charge in [0.05, 0.1) is 5.25 Å². The van der Waals surface area contributed by atoms with Gasteiger partial charge in [0.2, 0.25) is 5.91 Å². The first kappa shape index (κ1) is 20.6. The van der Waals surface area contributed by atoms with Crippen LogP contribution in [0, 0.1) is 5.92 Å². The molecule has 26 heavy (non-hydrogen) atoms. The second-order valence-corrected chi connectivity index (χ2v) is 7.83. The number of amides is 2. The second kappa shape index (κ2) is 9.31. The van der Waals surface area contributed by atoms with E-state index in [4.69, 9.17) is 12.2 Å². The Morgan fingerprint density at radius 3 is 2.58 bits per heavy atom. The highest BCUT2D eigenvalue weighted by atomic mass is 32.2. The number of benzene rings is 1. The topological polar surface area (TPSA) is 110 Å². The number of aliphatic hydroxyl groups is 2. The molecule has 1 aliphatic heterocycles. The van der Waals surface area contributed by atoms with Crippen LogP contribution in [-0.2, 0) is 9.59 Å². The van der Waals surface area contributed by atoms with Crippen molar-refractivity contribution < 1.29 is 24.9 Å². The number of nitrogens with zero attached hydrogens (tertiary/aromatic N) is 1. The van der Waals surface area contributed by atoms with Crippen molar-refractivity contribution in [3.8, 4) is 5.75 Å². The minimum absolute atomic E-state index is 0.0324. The highest BCUT2D eigenvalue weighted by Gasteiger charge is 2.42. The molecule has 2 rings (SSSR count). The molecule has 4 N–H and O–H groups in total. The molecule has 0 aromatic heterocycles. The SMILES string of the molecule is CC(=O)N[C@@H]1C(=O)N(CCC(CO)CO)C(=S)S[C@H]1c1ccccc1O. The number of rotatable bonds is 7. The number of para-hydroxylation sites is 1. The van der Waals surface area contributed by atoms with Crippen molar-refractivity contribution in [2.24, 2.45) is 5.92 Å². The number of hydrogen-bond donors (Lipinski definition) is 4. The Morgan fingerprint density at radius 1 is 1.35 bits per heavy atom. The number of phenols is 1. The van der Waals surface area contributed by atoms with Gasteiger partial charge in [0.25, 0.3) is 5.91 Å². The van der Waals surface area contributed by atoms with E-state index in [9.17, 15) is 24.9 Å². The molecule has 1 aliphatic rings. The maximum atomic E-state index is 13.0. The zero-order valence-corrected chi connectivity index (χ0v) is 15.9. The number of carbonyl (C=O) groups excluding carboxylic acids is 2. The van der Waals surface area contributed by atoms with Crippen LogP contribution in [0.4, 0.5) is 0 Å². The number of aromatic hydroxyl groups is 1. The Morgan fingerprint density at radius 2 is 2.00 bits per heavy atom. The van der Waals surface area contributed by atoms with Crippen LogP contribution in [-0.4, -0.2) is 62.2 Å². The molecule has 0 saturated carbocycles. The van der Waals surface area contributed by atoms with Crippen molar-refractivity contribution in [2.45, 2.75) is 24.6 Å². The van der Waals surface area contributed by atoms with E-state index in [0.717, 1.165) is 0 Å². The van der Waals surface area contributed by atoms with Gasteiger partial charge in [0.1, 0.15) is 16.1 Å². The van der Waals surface area contributed by atoms with Gasteiger partial charge < -0.3 is 20.6 Å². The largest absolute Gasteiger partial charge is 0.508 e. The van der Waals surface area contributed by atoms with Gasteiger partial charge in [0, 0.05) is 38.2 Å². The fourth-order valence-corrected chi connectivity index (χ4v) is 4.37. The van der Waals surface area contributed by atoms with E-state index in [1.165, 1.54) is 29.7 Å².